The number of benzene rings is 3. The molecule has 1 aromatic heterocycles. The van der Waals surface area contributed by atoms with Crippen LogP contribution in [0.15, 0.2) is 91.0 Å². The van der Waals surface area contributed by atoms with Crippen LogP contribution in [-0.4, -0.2) is 16.2 Å². The maximum Gasteiger partial charge on any atom is 0.323 e. The SMILES string of the molecule is NC(=O)N(c1ccccc1)c1ccc(-c2cc(-c3ccccc3)n[nH]2)cc1. The Morgan fingerprint density at radius 2 is 1.37 bits per heavy atom. The van der Waals surface area contributed by atoms with Gasteiger partial charge in [-0.1, -0.05) is 60.7 Å². The van der Waals surface area contributed by atoms with Crippen LogP contribution >= 0.6 is 0 Å². The highest BCUT2D eigenvalue weighted by Gasteiger charge is 2.15. The van der Waals surface area contributed by atoms with E-state index in [0.29, 0.717) is 5.69 Å². The average molecular weight is 354 g/mol. The van der Waals surface area contributed by atoms with Gasteiger partial charge in [-0.2, -0.15) is 5.10 Å². The Morgan fingerprint density at radius 3 is 2.00 bits per heavy atom. The third-order valence-electron chi connectivity index (χ3n) is 4.32. The van der Waals surface area contributed by atoms with Crippen LogP contribution < -0.4 is 10.6 Å². The number of anilines is 2. The second-order valence-electron chi connectivity index (χ2n) is 6.09. The number of para-hydroxylation sites is 1. The molecule has 27 heavy (non-hydrogen) atoms. The fourth-order valence-electron chi connectivity index (χ4n) is 3.00. The van der Waals surface area contributed by atoms with Crippen LogP contribution in [0.1, 0.15) is 0 Å². The van der Waals surface area contributed by atoms with Crippen molar-refractivity contribution in [2.45, 2.75) is 0 Å². The summed E-state index contributed by atoms with van der Waals surface area (Å²) < 4.78 is 0. The molecule has 0 spiro atoms. The number of nitrogens with zero attached hydrogens (tertiary/aromatic N) is 2. The van der Waals surface area contributed by atoms with Crippen LogP contribution in [0.2, 0.25) is 0 Å². The van der Waals surface area contributed by atoms with E-state index in [-0.39, 0.29) is 0 Å². The molecule has 132 valence electrons. The largest absolute Gasteiger partial charge is 0.351 e. The van der Waals surface area contributed by atoms with Crippen LogP contribution in [-0.2, 0) is 0 Å². The molecule has 0 saturated carbocycles. The summed E-state index contributed by atoms with van der Waals surface area (Å²) in [7, 11) is 0. The van der Waals surface area contributed by atoms with Crippen molar-refractivity contribution in [2.24, 2.45) is 5.73 Å². The molecule has 0 radical (unpaired) electrons. The molecule has 3 N–H and O–H groups in total. The maximum atomic E-state index is 11.9. The van der Waals surface area contributed by atoms with Gasteiger partial charge in [0.15, 0.2) is 0 Å². The van der Waals surface area contributed by atoms with Gasteiger partial charge in [-0.15, -0.1) is 0 Å². The summed E-state index contributed by atoms with van der Waals surface area (Å²) in [6, 6.07) is 28.4. The molecule has 0 atom stereocenters. The van der Waals surface area contributed by atoms with Gasteiger partial charge < -0.3 is 5.73 Å². The van der Waals surface area contributed by atoms with Gasteiger partial charge >= 0.3 is 6.03 Å². The van der Waals surface area contributed by atoms with Gasteiger partial charge in [0.2, 0.25) is 0 Å². The minimum Gasteiger partial charge on any atom is -0.351 e. The normalized spacial score (nSPS) is 10.5. The van der Waals surface area contributed by atoms with Crippen molar-refractivity contribution in [1.29, 1.82) is 0 Å². The number of primary amides is 1. The molecule has 3 aromatic carbocycles. The predicted octanol–water partition coefficient (Wildman–Crippen LogP) is 4.96. The van der Waals surface area contributed by atoms with Gasteiger partial charge in [-0.25, -0.2) is 4.79 Å². The second-order valence-corrected chi connectivity index (χ2v) is 6.09. The van der Waals surface area contributed by atoms with E-state index in [0.717, 1.165) is 28.2 Å². The number of carbonyl (C=O) groups is 1. The van der Waals surface area contributed by atoms with E-state index in [1.54, 1.807) is 0 Å². The lowest BCUT2D eigenvalue weighted by atomic mass is 10.1. The first-order chi connectivity index (χ1) is 13.2. The number of aromatic amines is 1. The molecule has 4 rings (SSSR count). The lowest BCUT2D eigenvalue weighted by molar-refractivity contribution is 0.256. The van der Waals surface area contributed by atoms with Gasteiger partial charge in [-0.3, -0.25) is 10.00 Å². The summed E-state index contributed by atoms with van der Waals surface area (Å²) in [6.07, 6.45) is 0. The Balaban J connectivity index is 1.62. The Morgan fingerprint density at radius 1 is 0.778 bits per heavy atom. The van der Waals surface area contributed by atoms with Gasteiger partial charge in [0.1, 0.15) is 0 Å². The van der Waals surface area contributed by atoms with Crippen LogP contribution in [0.4, 0.5) is 16.2 Å². The first-order valence-electron chi connectivity index (χ1n) is 8.58. The first-order valence-corrected chi connectivity index (χ1v) is 8.58. The van der Waals surface area contributed by atoms with Crippen molar-refractivity contribution in [2.75, 3.05) is 4.90 Å². The van der Waals surface area contributed by atoms with Gasteiger partial charge in [0.25, 0.3) is 0 Å². The summed E-state index contributed by atoms with van der Waals surface area (Å²) in [4.78, 5) is 13.4. The molecular formula is C22H18N4O. The highest BCUT2D eigenvalue weighted by molar-refractivity contribution is 5.98. The van der Waals surface area contributed by atoms with E-state index in [4.69, 9.17) is 5.73 Å². The molecule has 0 aliphatic rings. The molecule has 1 heterocycles. The summed E-state index contributed by atoms with van der Waals surface area (Å²) >= 11 is 0. The topological polar surface area (TPSA) is 75.0 Å². The van der Waals surface area contributed by atoms with Gasteiger partial charge in [0.05, 0.1) is 22.8 Å². The number of hydrogen-bond acceptors (Lipinski definition) is 2. The molecule has 4 aromatic rings. The average Bonchev–Trinajstić information content (AvgIpc) is 3.20. The smallest absolute Gasteiger partial charge is 0.323 e. The molecule has 2 amide bonds. The van der Waals surface area contributed by atoms with Crippen molar-refractivity contribution in [3.63, 3.8) is 0 Å². The molecule has 0 fully saturated rings. The second kappa shape index (κ2) is 7.17. The van der Waals surface area contributed by atoms with E-state index < -0.39 is 6.03 Å². The number of hydrogen-bond donors (Lipinski definition) is 2. The van der Waals surface area contributed by atoms with E-state index in [1.165, 1.54) is 4.90 Å². The lowest BCUT2D eigenvalue weighted by Gasteiger charge is -2.20. The third kappa shape index (κ3) is 3.43. The number of rotatable bonds is 4. The van der Waals surface area contributed by atoms with Crippen LogP contribution in [0.25, 0.3) is 22.5 Å². The number of carbonyl (C=O) groups excluding carboxylic acids is 1. The van der Waals surface area contributed by atoms with Crippen molar-refractivity contribution in [3.05, 3.63) is 91.0 Å². The first kappa shape index (κ1) is 16.6. The quantitative estimate of drug-likeness (QED) is 0.543. The van der Waals surface area contributed by atoms with Crippen LogP contribution in [0.3, 0.4) is 0 Å². The Bertz CT molecular complexity index is 1040. The lowest BCUT2D eigenvalue weighted by Crippen LogP contribution is -2.31. The summed E-state index contributed by atoms with van der Waals surface area (Å²) in [5.41, 5.74) is 10.9. The zero-order chi connectivity index (χ0) is 18.6. The van der Waals surface area contributed by atoms with Crippen molar-refractivity contribution in [1.82, 2.24) is 10.2 Å². The number of aromatic nitrogens is 2. The number of nitrogens with two attached hydrogens (primary N) is 1. The third-order valence-corrected chi connectivity index (χ3v) is 4.32. The summed E-state index contributed by atoms with van der Waals surface area (Å²) in [5.74, 6) is 0. The number of amides is 2. The van der Waals surface area contributed by atoms with Crippen molar-refractivity contribution in [3.8, 4) is 22.5 Å². The molecule has 0 saturated heterocycles. The van der Waals surface area contributed by atoms with Crippen LogP contribution in [0.5, 0.6) is 0 Å². The van der Waals surface area contributed by atoms with E-state index in [1.807, 2.05) is 91.0 Å². The number of urea groups is 1. The monoisotopic (exact) mass is 354 g/mol. The zero-order valence-electron chi connectivity index (χ0n) is 14.5. The zero-order valence-corrected chi connectivity index (χ0v) is 14.5. The minimum absolute atomic E-state index is 0.526. The molecule has 0 aliphatic heterocycles. The fourth-order valence-corrected chi connectivity index (χ4v) is 3.00. The molecular weight excluding hydrogens is 336 g/mol. The van der Waals surface area contributed by atoms with Gasteiger partial charge in [0, 0.05) is 5.56 Å². The molecule has 5 nitrogen and oxygen atoms in total. The predicted molar refractivity (Wildman–Crippen MR) is 108 cm³/mol. The number of nitrogens with one attached hydrogen (secondary N) is 1. The molecule has 0 unspecified atom stereocenters. The summed E-state index contributed by atoms with van der Waals surface area (Å²) in [6.45, 7) is 0. The van der Waals surface area contributed by atoms with E-state index >= 15 is 0 Å². The van der Waals surface area contributed by atoms with Crippen molar-refractivity contribution < 1.29 is 4.79 Å². The molecule has 0 aliphatic carbocycles. The Kier molecular flexibility index (Phi) is 4.41. The van der Waals surface area contributed by atoms with Crippen LogP contribution in [0, 0.1) is 0 Å². The van der Waals surface area contributed by atoms with E-state index in [2.05, 4.69) is 10.2 Å². The van der Waals surface area contributed by atoms with Gasteiger partial charge in [-0.05, 0) is 35.9 Å². The standard InChI is InChI=1S/C22H18N4O/c23-22(27)26(18-9-5-2-6-10-18)19-13-11-17(12-14-19)21-15-20(24-25-21)16-7-3-1-4-8-16/h1-15H,(H2,23,27)(H,24,25). The Labute approximate surface area is 157 Å². The Hall–Kier alpha value is -3.86. The molecule has 5 heteroatoms. The highest BCUT2D eigenvalue weighted by Crippen LogP contribution is 2.29. The van der Waals surface area contributed by atoms with E-state index in [9.17, 15) is 4.79 Å². The minimum atomic E-state index is -0.526. The highest BCUT2D eigenvalue weighted by atomic mass is 16.2. The number of H-pyrrole nitrogens is 1. The maximum absolute atomic E-state index is 11.9. The molecule has 0 bridgehead atoms. The van der Waals surface area contributed by atoms with Crippen molar-refractivity contribution >= 4 is 17.4 Å². The summed E-state index contributed by atoms with van der Waals surface area (Å²) in [5, 5.41) is 7.46. The fraction of sp³-hybridized carbons (Fsp3) is 0.